The molecule has 4 nitrogen and oxygen atoms in total. The fourth-order valence-corrected chi connectivity index (χ4v) is 2.90. The van der Waals surface area contributed by atoms with E-state index in [1.807, 2.05) is 38.1 Å². The van der Waals surface area contributed by atoms with Gasteiger partial charge in [0.25, 0.3) is 0 Å². The molecule has 2 heterocycles. The molecule has 110 valence electrons. The fourth-order valence-electron chi connectivity index (χ4n) is 2.90. The van der Waals surface area contributed by atoms with Crippen molar-refractivity contribution in [2.24, 2.45) is 0 Å². The van der Waals surface area contributed by atoms with Crippen molar-refractivity contribution in [3.05, 3.63) is 53.2 Å². The minimum Gasteiger partial charge on any atom is -0.466 e. The molecule has 3 aromatic rings. The Balaban J connectivity index is 1.96. The van der Waals surface area contributed by atoms with Gasteiger partial charge in [-0.3, -0.25) is 0 Å². The first kappa shape index (κ1) is 13.9. The number of fused-ring (bicyclic) bond motifs is 1. The van der Waals surface area contributed by atoms with Gasteiger partial charge in [0.15, 0.2) is 0 Å². The van der Waals surface area contributed by atoms with Crippen LogP contribution < -0.4 is 0 Å². The lowest BCUT2D eigenvalue weighted by Crippen LogP contribution is -2.08. The van der Waals surface area contributed by atoms with E-state index in [9.17, 15) is 5.11 Å². The van der Waals surface area contributed by atoms with Gasteiger partial charge < -0.3 is 14.1 Å². The van der Waals surface area contributed by atoms with Crippen LogP contribution in [-0.4, -0.2) is 14.7 Å². The van der Waals surface area contributed by atoms with Gasteiger partial charge in [-0.1, -0.05) is 12.1 Å². The zero-order chi connectivity index (χ0) is 15.0. The molecule has 1 unspecified atom stereocenters. The van der Waals surface area contributed by atoms with E-state index in [0.29, 0.717) is 6.42 Å². The zero-order valence-corrected chi connectivity index (χ0v) is 12.6. The van der Waals surface area contributed by atoms with Crippen LogP contribution in [0.2, 0.25) is 0 Å². The first-order chi connectivity index (χ1) is 10.1. The van der Waals surface area contributed by atoms with Gasteiger partial charge in [0, 0.05) is 18.5 Å². The van der Waals surface area contributed by atoms with Crippen LogP contribution in [0.15, 0.2) is 34.7 Å². The third kappa shape index (κ3) is 2.47. The monoisotopic (exact) mass is 284 g/mol. The molecule has 0 saturated carbocycles. The van der Waals surface area contributed by atoms with E-state index < -0.39 is 6.10 Å². The summed E-state index contributed by atoms with van der Waals surface area (Å²) in [6.45, 7) is 6.71. The summed E-state index contributed by atoms with van der Waals surface area (Å²) in [6, 6.07) is 9.97. The molecule has 0 spiro atoms. The Morgan fingerprint density at radius 3 is 2.71 bits per heavy atom. The minimum atomic E-state index is -0.593. The van der Waals surface area contributed by atoms with Gasteiger partial charge in [-0.15, -0.1) is 0 Å². The molecule has 4 heteroatoms. The average molecular weight is 284 g/mol. The second-order valence-electron chi connectivity index (χ2n) is 5.35. The topological polar surface area (TPSA) is 51.2 Å². The van der Waals surface area contributed by atoms with Crippen molar-refractivity contribution in [2.75, 3.05) is 0 Å². The van der Waals surface area contributed by atoms with Crippen LogP contribution in [0.3, 0.4) is 0 Å². The molecule has 0 aliphatic carbocycles. The minimum absolute atomic E-state index is 0.488. The number of imidazole rings is 1. The Kier molecular flexibility index (Phi) is 3.55. The molecule has 0 radical (unpaired) electrons. The predicted octanol–water partition coefficient (Wildman–Crippen LogP) is 3.54. The molecule has 2 aromatic heterocycles. The Bertz CT molecular complexity index is 770. The number of benzene rings is 1. The van der Waals surface area contributed by atoms with E-state index in [1.54, 1.807) is 0 Å². The molecule has 0 fully saturated rings. The molecule has 1 N–H and O–H groups in total. The molecule has 0 aliphatic rings. The molecule has 3 rings (SSSR count). The van der Waals surface area contributed by atoms with Crippen molar-refractivity contribution in [1.82, 2.24) is 9.55 Å². The lowest BCUT2D eigenvalue weighted by atomic mass is 10.1. The smallest absolute Gasteiger partial charge is 0.112 e. The summed E-state index contributed by atoms with van der Waals surface area (Å²) in [5.74, 6) is 2.51. The number of aromatic nitrogens is 2. The van der Waals surface area contributed by atoms with Crippen LogP contribution in [0.5, 0.6) is 0 Å². The van der Waals surface area contributed by atoms with E-state index in [-0.39, 0.29) is 0 Å². The van der Waals surface area contributed by atoms with Crippen LogP contribution in [0.4, 0.5) is 0 Å². The highest BCUT2D eigenvalue weighted by atomic mass is 16.3. The molecule has 0 aliphatic heterocycles. The van der Waals surface area contributed by atoms with Gasteiger partial charge in [-0.25, -0.2) is 4.98 Å². The number of aryl methyl sites for hydroxylation is 3. The third-order valence-corrected chi connectivity index (χ3v) is 3.86. The summed E-state index contributed by atoms with van der Waals surface area (Å²) in [5.41, 5.74) is 2.94. The Hall–Kier alpha value is -2.07. The summed E-state index contributed by atoms with van der Waals surface area (Å²) in [5, 5.41) is 10.5. The number of furan rings is 1. The van der Waals surface area contributed by atoms with Gasteiger partial charge >= 0.3 is 0 Å². The number of hydrogen-bond acceptors (Lipinski definition) is 3. The normalized spacial score (nSPS) is 13.0. The lowest BCUT2D eigenvalue weighted by Gasteiger charge is -2.11. The van der Waals surface area contributed by atoms with Crippen molar-refractivity contribution in [3.8, 4) is 0 Å². The third-order valence-electron chi connectivity index (χ3n) is 3.86. The Morgan fingerprint density at radius 1 is 1.29 bits per heavy atom. The van der Waals surface area contributed by atoms with Gasteiger partial charge in [-0.05, 0) is 39.0 Å². The fraction of sp³-hybridized carbons (Fsp3) is 0.353. The second kappa shape index (κ2) is 5.37. The lowest BCUT2D eigenvalue weighted by molar-refractivity contribution is 0.172. The van der Waals surface area contributed by atoms with Gasteiger partial charge in [0.05, 0.1) is 17.1 Å². The summed E-state index contributed by atoms with van der Waals surface area (Å²) in [7, 11) is 0. The number of aliphatic hydroxyl groups is 1. The van der Waals surface area contributed by atoms with E-state index >= 15 is 0 Å². The quantitative estimate of drug-likeness (QED) is 0.797. The van der Waals surface area contributed by atoms with Crippen molar-refractivity contribution in [2.45, 2.75) is 39.8 Å². The molecule has 0 bridgehead atoms. The Morgan fingerprint density at radius 2 is 2.05 bits per heavy atom. The summed E-state index contributed by atoms with van der Waals surface area (Å²) in [6.07, 6.45) is -0.105. The molecule has 1 atom stereocenters. The van der Waals surface area contributed by atoms with Crippen LogP contribution in [0.1, 0.15) is 35.9 Å². The van der Waals surface area contributed by atoms with Gasteiger partial charge in [0.2, 0.25) is 0 Å². The Labute approximate surface area is 124 Å². The van der Waals surface area contributed by atoms with Crippen molar-refractivity contribution in [3.63, 3.8) is 0 Å². The number of aliphatic hydroxyl groups excluding tert-OH is 1. The van der Waals surface area contributed by atoms with Crippen LogP contribution >= 0.6 is 0 Å². The first-order valence-corrected chi connectivity index (χ1v) is 7.29. The summed E-state index contributed by atoms with van der Waals surface area (Å²) < 4.78 is 7.66. The number of rotatable bonds is 4. The molecular formula is C17H20N2O2. The van der Waals surface area contributed by atoms with E-state index in [4.69, 9.17) is 4.42 Å². The SMILES string of the molecule is CCn1c(CC(O)c2cc(C)oc2C)nc2ccccc21. The molecule has 21 heavy (non-hydrogen) atoms. The van der Waals surface area contributed by atoms with E-state index in [1.165, 1.54) is 0 Å². The molecule has 0 amide bonds. The number of nitrogens with zero attached hydrogens (tertiary/aromatic N) is 2. The largest absolute Gasteiger partial charge is 0.466 e. The maximum atomic E-state index is 10.5. The zero-order valence-electron chi connectivity index (χ0n) is 12.6. The van der Waals surface area contributed by atoms with E-state index in [2.05, 4.69) is 22.5 Å². The van der Waals surface area contributed by atoms with E-state index in [0.717, 1.165) is 40.5 Å². The van der Waals surface area contributed by atoms with Crippen molar-refractivity contribution >= 4 is 11.0 Å². The van der Waals surface area contributed by atoms with Gasteiger partial charge in [0.1, 0.15) is 17.3 Å². The van der Waals surface area contributed by atoms with Crippen LogP contribution in [0, 0.1) is 13.8 Å². The van der Waals surface area contributed by atoms with Crippen molar-refractivity contribution < 1.29 is 9.52 Å². The summed E-state index contributed by atoms with van der Waals surface area (Å²) >= 11 is 0. The maximum absolute atomic E-state index is 10.5. The highest BCUT2D eigenvalue weighted by molar-refractivity contribution is 5.75. The highest BCUT2D eigenvalue weighted by Gasteiger charge is 2.18. The standard InChI is InChI=1S/C17H20N2O2/c1-4-19-15-8-6-5-7-14(15)18-17(19)10-16(20)13-9-11(2)21-12(13)3/h5-9,16,20H,4,10H2,1-3H3. The van der Waals surface area contributed by atoms with Gasteiger partial charge in [-0.2, -0.15) is 0 Å². The summed E-state index contributed by atoms with van der Waals surface area (Å²) in [4.78, 5) is 4.66. The highest BCUT2D eigenvalue weighted by Crippen LogP contribution is 2.26. The van der Waals surface area contributed by atoms with Crippen molar-refractivity contribution in [1.29, 1.82) is 0 Å². The predicted molar refractivity (Wildman–Crippen MR) is 82.3 cm³/mol. The molecule has 0 saturated heterocycles. The number of hydrogen-bond donors (Lipinski definition) is 1. The molecular weight excluding hydrogens is 264 g/mol. The van der Waals surface area contributed by atoms with Crippen LogP contribution in [0.25, 0.3) is 11.0 Å². The first-order valence-electron chi connectivity index (χ1n) is 7.29. The maximum Gasteiger partial charge on any atom is 0.112 e. The second-order valence-corrected chi connectivity index (χ2v) is 5.35. The van der Waals surface area contributed by atoms with Crippen LogP contribution in [-0.2, 0) is 13.0 Å². The average Bonchev–Trinajstić information content (AvgIpc) is 2.97. The number of para-hydroxylation sites is 2. The molecule has 1 aromatic carbocycles.